The SMILES string of the molecule is Cc1ccc(C(C)Nc2ccc(C#N)cn2)o1. The molecule has 1 unspecified atom stereocenters. The lowest BCUT2D eigenvalue weighted by molar-refractivity contribution is 0.466. The van der Waals surface area contributed by atoms with Crippen molar-refractivity contribution in [1.82, 2.24) is 4.98 Å². The highest BCUT2D eigenvalue weighted by molar-refractivity contribution is 5.40. The van der Waals surface area contributed by atoms with Crippen molar-refractivity contribution in [1.29, 1.82) is 5.26 Å². The van der Waals surface area contributed by atoms with Crippen LogP contribution in [0, 0.1) is 18.3 Å². The van der Waals surface area contributed by atoms with Crippen molar-refractivity contribution >= 4 is 5.82 Å². The maximum Gasteiger partial charge on any atom is 0.126 e. The van der Waals surface area contributed by atoms with Gasteiger partial charge in [0.1, 0.15) is 23.4 Å². The third-order valence-electron chi connectivity index (χ3n) is 2.44. The summed E-state index contributed by atoms with van der Waals surface area (Å²) in [5.74, 6) is 2.49. The molecule has 4 heteroatoms. The van der Waals surface area contributed by atoms with Crippen LogP contribution in [0.15, 0.2) is 34.9 Å². The van der Waals surface area contributed by atoms with E-state index < -0.39 is 0 Å². The lowest BCUT2D eigenvalue weighted by Gasteiger charge is -2.11. The second kappa shape index (κ2) is 4.71. The van der Waals surface area contributed by atoms with Gasteiger partial charge in [0, 0.05) is 6.20 Å². The summed E-state index contributed by atoms with van der Waals surface area (Å²) in [6.45, 7) is 3.91. The summed E-state index contributed by atoms with van der Waals surface area (Å²) in [4.78, 5) is 4.15. The molecule has 0 aromatic carbocycles. The van der Waals surface area contributed by atoms with E-state index in [-0.39, 0.29) is 6.04 Å². The van der Waals surface area contributed by atoms with Crippen molar-refractivity contribution in [3.63, 3.8) is 0 Å². The number of pyridine rings is 1. The van der Waals surface area contributed by atoms with Gasteiger partial charge in [0.05, 0.1) is 11.6 Å². The van der Waals surface area contributed by atoms with Crippen LogP contribution in [0.5, 0.6) is 0 Å². The summed E-state index contributed by atoms with van der Waals surface area (Å²) in [6, 6.07) is 9.46. The standard InChI is InChI=1S/C13H13N3O/c1-9-3-5-12(17-9)10(2)16-13-6-4-11(7-14)8-15-13/h3-6,8,10H,1-2H3,(H,15,16). The van der Waals surface area contributed by atoms with E-state index in [4.69, 9.17) is 9.68 Å². The fourth-order valence-corrected chi connectivity index (χ4v) is 1.52. The Bertz CT molecular complexity index is 537. The number of hydrogen-bond donors (Lipinski definition) is 1. The quantitative estimate of drug-likeness (QED) is 0.875. The van der Waals surface area contributed by atoms with E-state index in [1.165, 1.54) is 0 Å². The van der Waals surface area contributed by atoms with E-state index in [1.807, 2.05) is 32.0 Å². The third-order valence-corrected chi connectivity index (χ3v) is 2.44. The summed E-state index contributed by atoms with van der Waals surface area (Å²) in [5, 5.41) is 11.9. The number of rotatable bonds is 3. The lowest BCUT2D eigenvalue weighted by Crippen LogP contribution is -2.06. The predicted molar refractivity (Wildman–Crippen MR) is 64.4 cm³/mol. The van der Waals surface area contributed by atoms with E-state index in [1.54, 1.807) is 18.3 Å². The molecule has 4 nitrogen and oxygen atoms in total. The van der Waals surface area contributed by atoms with Gasteiger partial charge in [0.15, 0.2) is 0 Å². The normalized spacial score (nSPS) is 11.8. The maximum absolute atomic E-state index is 8.67. The molecule has 2 heterocycles. The molecule has 1 N–H and O–H groups in total. The highest BCUT2D eigenvalue weighted by Crippen LogP contribution is 2.19. The molecule has 0 amide bonds. The van der Waals surface area contributed by atoms with Gasteiger partial charge in [-0.2, -0.15) is 5.26 Å². The van der Waals surface area contributed by atoms with Crippen LogP contribution in [-0.4, -0.2) is 4.98 Å². The Morgan fingerprint density at radius 3 is 2.71 bits per heavy atom. The van der Waals surface area contributed by atoms with Gasteiger partial charge < -0.3 is 9.73 Å². The van der Waals surface area contributed by atoms with Crippen molar-refractivity contribution in [3.8, 4) is 6.07 Å². The van der Waals surface area contributed by atoms with Crippen LogP contribution in [0.3, 0.4) is 0 Å². The monoisotopic (exact) mass is 227 g/mol. The van der Waals surface area contributed by atoms with Gasteiger partial charge in [-0.05, 0) is 38.1 Å². The molecule has 1 atom stereocenters. The minimum absolute atomic E-state index is 0.0455. The fraction of sp³-hybridized carbons (Fsp3) is 0.231. The van der Waals surface area contributed by atoms with Crippen molar-refractivity contribution in [2.45, 2.75) is 19.9 Å². The third kappa shape index (κ3) is 2.64. The Balaban J connectivity index is 2.08. The van der Waals surface area contributed by atoms with Crippen molar-refractivity contribution in [2.75, 3.05) is 5.32 Å². The minimum Gasteiger partial charge on any atom is -0.464 e. The number of aryl methyl sites for hydroxylation is 1. The zero-order valence-corrected chi connectivity index (χ0v) is 9.77. The van der Waals surface area contributed by atoms with Crippen LogP contribution in [0.1, 0.15) is 30.0 Å². The summed E-state index contributed by atoms with van der Waals surface area (Å²) in [7, 11) is 0. The number of furan rings is 1. The Hall–Kier alpha value is -2.28. The fourth-order valence-electron chi connectivity index (χ4n) is 1.52. The van der Waals surface area contributed by atoms with Gasteiger partial charge in [0.25, 0.3) is 0 Å². The lowest BCUT2D eigenvalue weighted by atomic mass is 10.2. The molecule has 17 heavy (non-hydrogen) atoms. The van der Waals surface area contributed by atoms with Gasteiger partial charge in [0.2, 0.25) is 0 Å². The first-order valence-electron chi connectivity index (χ1n) is 5.38. The molecule has 0 aliphatic carbocycles. The second-order valence-electron chi connectivity index (χ2n) is 3.86. The van der Waals surface area contributed by atoms with Gasteiger partial charge in [-0.15, -0.1) is 0 Å². The number of anilines is 1. The first-order chi connectivity index (χ1) is 8.19. The molecule has 2 aromatic heterocycles. The molecule has 0 bridgehead atoms. The first kappa shape index (κ1) is 11.2. The van der Waals surface area contributed by atoms with Crippen molar-refractivity contribution in [2.24, 2.45) is 0 Å². The molecule has 0 saturated heterocycles. The number of nitrogens with one attached hydrogen (secondary N) is 1. The van der Waals surface area contributed by atoms with Gasteiger partial charge in [-0.1, -0.05) is 0 Å². The Labute approximate surface area is 99.9 Å². The number of aromatic nitrogens is 1. The minimum atomic E-state index is 0.0455. The van der Waals surface area contributed by atoms with E-state index in [0.717, 1.165) is 17.3 Å². The molecule has 0 aliphatic rings. The molecule has 2 rings (SSSR count). The maximum atomic E-state index is 8.67. The average Bonchev–Trinajstić information content (AvgIpc) is 2.77. The summed E-state index contributed by atoms with van der Waals surface area (Å²) in [6.07, 6.45) is 1.54. The highest BCUT2D eigenvalue weighted by atomic mass is 16.3. The van der Waals surface area contributed by atoms with E-state index in [0.29, 0.717) is 5.56 Å². The van der Waals surface area contributed by atoms with E-state index in [2.05, 4.69) is 10.3 Å². The molecule has 2 aromatic rings. The molecule has 86 valence electrons. The summed E-state index contributed by atoms with van der Waals surface area (Å²) < 4.78 is 5.52. The summed E-state index contributed by atoms with van der Waals surface area (Å²) >= 11 is 0. The zero-order chi connectivity index (χ0) is 12.3. The number of nitriles is 1. The second-order valence-corrected chi connectivity index (χ2v) is 3.86. The largest absolute Gasteiger partial charge is 0.464 e. The highest BCUT2D eigenvalue weighted by Gasteiger charge is 2.09. The van der Waals surface area contributed by atoms with E-state index >= 15 is 0 Å². The average molecular weight is 227 g/mol. The molecule has 0 fully saturated rings. The van der Waals surface area contributed by atoms with Crippen LogP contribution in [0.2, 0.25) is 0 Å². The summed E-state index contributed by atoms with van der Waals surface area (Å²) in [5.41, 5.74) is 0.553. The molecule has 0 radical (unpaired) electrons. The van der Waals surface area contributed by atoms with Crippen LogP contribution in [0.25, 0.3) is 0 Å². The number of nitrogens with zero attached hydrogens (tertiary/aromatic N) is 2. The zero-order valence-electron chi connectivity index (χ0n) is 9.77. The van der Waals surface area contributed by atoms with Gasteiger partial charge in [-0.25, -0.2) is 4.98 Å². The Morgan fingerprint density at radius 1 is 1.35 bits per heavy atom. The van der Waals surface area contributed by atoms with Crippen LogP contribution in [0.4, 0.5) is 5.82 Å². The molecule has 0 saturated carbocycles. The van der Waals surface area contributed by atoms with E-state index in [9.17, 15) is 0 Å². The number of hydrogen-bond acceptors (Lipinski definition) is 4. The Kier molecular flexibility index (Phi) is 3.10. The Morgan fingerprint density at radius 2 is 2.18 bits per heavy atom. The van der Waals surface area contributed by atoms with Gasteiger partial charge >= 0.3 is 0 Å². The van der Waals surface area contributed by atoms with Gasteiger partial charge in [-0.3, -0.25) is 0 Å². The first-order valence-corrected chi connectivity index (χ1v) is 5.38. The predicted octanol–water partition coefficient (Wildman–Crippen LogP) is 3.03. The molecular weight excluding hydrogens is 214 g/mol. The molecule has 0 aliphatic heterocycles. The van der Waals surface area contributed by atoms with Crippen molar-refractivity contribution in [3.05, 3.63) is 47.5 Å². The van der Waals surface area contributed by atoms with Crippen LogP contribution < -0.4 is 5.32 Å². The molecular formula is C13H13N3O. The van der Waals surface area contributed by atoms with Crippen LogP contribution in [-0.2, 0) is 0 Å². The van der Waals surface area contributed by atoms with Crippen molar-refractivity contribution < 1.29 is 4.42 Å². The smallest absolute Gasteiger partial charge is 0.126 e. The van der Waals surface area contributed by atoms with Crippen LogP contribution >= 0.6 is 0 Å². The topological polar surface area (TPSA) is 61.9 Å². The molecule has 0 spiro atoms.